The number of rotatable bonds is 8. The van der Waals surface area contributed by atoms with E-state index in [1.165, 1.54) is 0 Å². The summed E-state index contributed by atoms with van der Waals surface area (Å²) in [4.78, 5) is 12.1. The minimum Gasteiger partial charge on any atom is -0.355 e. The summed E-state index contributed by atoms with van der Waals surface area (Å²) in [6, 6.07) is 9.13. The summed E-state index contributed by atoms with van der Waals surface area (Å²) in [7, 11) is 3.14. The molecule has 106 valence electrons. The Labute approximate surface area is 114 Å². The molecule has 1 aromatic rings. The highest BCUT2D eigenvalue weighted by molar-refractivity contribution is 5.94. The Morgan fingerprint density at radius 2 is 1.84 bits per heavy atom. The number of hydrogen-bond acceptors (Lipinski definition) is 4. The minimum atomic E-state index is -0.349. The van der Waals surface area contributed by atoms with Crippen molar-refractivity contribution in [3.63, 3.8) is 0 Å². The van der Waals surface area contributed by atoms with Crippen LogP contribution in [0.1, 0.15) is 13.3 Å². The van der Waals surface area contributed by atoms with Crippen molar-refractivity contribution in [3.8, 4) is 0 Å². The number of nitrogens with one attached hydrogen (secondary N) is 2. The Hall–Kier alpha value is -1.43. The van der Waals surface area contributed by atoms with Gasteiger partial charge in [0.05, 0.1) is 6.04 Å². The van der Waals surface area contributed by atoms with Crippen LogP contribution in [0.5, 0.6) is 0 Å². The third kappa shape index (κ3) is 5.38. The topological polar surface area (TPSA) is 59.6 Å². The molecule has 5 nitrogen and oxygen atoms in total. The van der Waals surface area contributed by atoms with E-state index in [1.54, 1.807) is 14.2 Å². The molecule has 0 radical (unpaired) electrons. The Morgan fingerprint density at radius 3 is 2.37 bits per heavy atom. The number of carbonyl (C=O) groups is 1. The van der Waals surface area contributed by atoms with Gasteiger partial charge in [0.2, 0.25) is 5.91 Å². The molecule has 0 aliphatic rings. The highest BCUT2D eigenvalue weighted by Crippen LogP contribution is 2.06. The second-order valence-corrected chi connectivity index (χ2v) is 4.13. The lowest BCUT2D eigenvalue weighted by molar-refractivity contribution is -0.120. The molecule has 0 aliphatic heterocycles. The Kier molecular flexibility index (Phi) is 7.10. The lowest BCUT2D eigenvalue weighted by atomic mass is 10.2. The molecule has 1 rings (SSSR count). The van der Waals surface area contributed by atoms with Gasteiger partial charge < -0.3 is 20.1 Å². The number of ether oxygens (including phenoxy) is 2. The van der Waals surface area contributed by atoms with Gasteiger partial charge in [-0.1, -0.05) is 25.1 Å². The summed E-state index contributed by atoms with van der Waals surface area (Å²) in [5, 5.41) is 6.00. The third-order valence-corrected chi connectivity index (χ3v) is 2.82. The average molecular weight is 266 g/mol. The zero-order chi connectivity index (χ0) is 14.1. The van der Waals surface area contributed by atoms with Gasteiger partial charge in [-0.3, -0.25) is 4.79 Å². The Morgan fingerprint density at radius 1 is 1.21 bits per heavy atom. The predicted octanol–water partition coefficient (Wildman–Crippen LogP) is 1.61. The molecule has 5 heteroatoms. The van der Waals surface area contributed by atoms with Crippen LogP contribution in [0.25, 0.3) is 0 Å². The molecule has 1 amide bonds. The van der Waals surface area contributed by atoms with Crippen molar-refractivity contribution < 1.29 is 14.3 Å². The van der Waals surface area contributed by atoms with E-state index >= 15 is 0 Å². The Balaban J connectivity index is 2.48. The zero-order valence-corrected chi connectivity index (χ0v) is 11.7. The maximum atomic E-state index is 12.1. The van der Waals surface area contributed by atoms with E-state index in [0.29, 0.717) is 13.0 Å². The van der Waals surface area contributed by atoms with Crippen LogP contribution >= 0.6 is 0 Å². The van der Waals surface area contributed by atoms with Gasteiger partial charge >= 0.3 is 0 Å². The minimum absolute atomic E-state index is 0.0559. The quantitative estimate of drug-likeness (QED) is 0.702. The summed E-state index contributed by atoms with van der Waals surface area (Å²) < 4.78 is 10.2. The number of amides is 1. The molecule has 0 aromatic heterocycles. The number of anilines is 1. The van der Waals surface area contributed by atoms with Crippen molar-refractivity contribution in [3.05, 3.63) is 30.3 Å². The van der Waals surface area contributed by atoms with Gasteiger partial charge in [0, 0.05) is 26.5 Å². The SMILES string of the molecule is CCC(NCC(OC)OC)C(=O)Nc1ccccc1. The van der Waals surface area contributed by atoms with Gasteiger partial charge in [-0.15, -0.1) is 0 Å². The number of methoxy groups -OCH3 is 2. The van der Waals surface area contributed by atoms with Gasteiger partial charge in [0.25, 0.3) is 0 Å². The summed E-state index contributed by atoms with van der Waals surface area (Å²) in [5.74, 6) is -0.0559. The largest absolute Gasteiger partial charge is 0.355 e. The lowest BCUT2D eigenvalue weighted by Gasteiger charge is -2.20. The summed E-state index contributed by atoms with van der Waals surface area (Å²) in [5.41, 5.74) is 0.794. The average Bonchev–Trinajstić information content (AvgIpc) is 2.45. The maximum Gasteiger partial charge on any atom is 0.241 e. The van der Waals surface area contributed by atoms with Crippen LogP contribution in [-0.4, -0.2) is 39.0 Å². The molecule has 0 saturated heterocycles. The van der Waals surface area contributed by atoms with Crippen molar-refractivity contribution in [1.29, 1.82) is 0 Å². The van der Waals surface area contributed by atoms with E-state index in [9.17, 15) is 4.79 Å². The van der Waals surface area contributed by atoms with E-state index < -0.39 is 0 Å². The highest BCUT2D eigenvalue weighted by atomic mass is 16.7. The van der Waals surface area contributed by atoms with Gasteiger partial charge in [-0.2, -0.15) is 0 Å². The second kappa shape index (κ2) is 8.63. The van der Waals surface area contributed by atoms with Crippen molar-refractivity contribution in [2.24, 2.45) is 0 Å². The van der Waals surface area contributed by atoms with Gasteiger partial charge in [-0.05, 0) is 18.6 Å². The zero-order valence-electron chi connectivity index (χ0n) is 11.7. The molecular weight excluding hydrogens is 244 g/mol. The standard InChI is InChI=1S/C14H22N2O3/c1-4-12(15-10-13(18-2)19-3)14(17)16-11-8-6-5-7-9-11/h5-9,12-13,15H,4,10H2,1-3H3,(H,16,17). The van der Waals surface area contributed by atoms with Crippen molar-refractivity contribution in [2.45, 2.75) is 25.7 Å². The first-order valence-electron chi connectivity index (χ1n) is 6.36. The van der Waals surface area contributed by atoms with Crippen LogP contribution < -0.4 is 10.6 Å². The molecule has 2 N–H and O–H groups in total. The molecular formula is C14H22N2O3. The van der Waals surface area contributed by atoms with Crippen molar-refractivity contribution in [1.82, 2.24) is 5.32 Å². The molecule has 1 unspecified atom stereocenters. The summed E-state index contributed by atoms with van der Waals surface area (Å²) in [6.45, 7) is 2.42. The lowest BCUT2D eigenvalue weighted by Crippen LogP contribution is -2.44. The fraction of sp³-hybridized carbons (Fsp3) is 0.500. The van der Waals surface area contributed by atoms with Crippen LogP contribution in [0, 0.1) is 0 Å². The van der Waals surface area contributed by atoms with E-state index in [0.717, 1.165) is 5.69 Å². The first-order chi connectivity index (χ1) is 9.21. The van der Waals surface area contributed by atoms with Gasteiger partial charge in [0.15, 0.2) is 6.29 Å². The van der Waals surface area contributed by atoms with Crippen molar-refractivity contribution >= 4 is 11.6 Å². The van der Waals surface area contributed by atoms with Crippen LogP contribution in [0.2, 0.25) is 0 Å². The van der Waals surface area contributed by atoms with Gasteiger partial charge in [0.1, 0.15) is 0 Å². The molecule has 0 aliphatic carbocycles. The van der Waals surface area contributed by atoms with Crippen LogP contribution in [-0.2, 0) is 14.3 Å². The molecule has 0 fully saturated rings. The van der Waals surface area contributed by atoms with Crippen LogP contribution in [0.3, 0.4) is 0 Å². The first kappa shape index (κ1) is 15.6. The Bertz CT molecular complexity index is 366. The second-order valence-electron chi connectivity index (χ2n) is 4.13. The molecule has 19 heavy (non-hydrogen) atoms. The number of carbonyl (C=O) groups excluding carboxylic acids is 1. The van der Waals surface area contributed by atoms with E-state index in [-0.39, 0.29) is 18.2 Å². The van der Waals surface area contributed by atoms with E-state index in [2.05, 4.69) is 10.6 Å². The maximum absolute atomic E-state index is 12.1. The fourth-order valence-electron chi connectivity index (χ4n) is 1.67. The molecule has 1 aromatic carbocycles. The summed E-state index contributed by atoms with van der Waals surface area (Å²) in [6.07, 6.45) is 0.345. The number of benzene rings is 1. The third-order valence-electron chi connectivity index (χ3n) is 2.82. The van der Waals surface area contributed by atoms with E-state index in [4.69, 9.17) is 9.47 Å². The first-order valence-corrected chi connectivity index (χ1v) is 6.36. The molecule has 0 saturated carbocycles. The van der Waals surface area contributed by atoms with Crippen molar-refractivity contribution in [2.75, 3.05) is 26.1 Å². The fourth-order valence-corrected chi connectivity index (χ4v) is 1.67. The predicted molar refractivity (Wildman–Crippen MR) is 75.0 cm³/mol. The normalized spacial score (nSPS) is 12.4. The van der Waals surface area contributed by atoms with Gasteiger partial charge in [-0.25, -0.2) is 0 Å². The molecule has 0 heterocycles. The number of hydrogen-bond donors (Lipinski definition) is 2. The van der Waals surface area contributed by atoms with Crippen LogP contribution in [0.4, 0.5) is 5.69 Å². The molecule has 0 bridgehead atoms. The molecule has 0 spiro atoms. The van der Waals surface area contributed by atoms with Crippen LogP contribution in [0.15, 0.2) is 30.3 Å². The summed E-state index contributed by atoms with van der Waals surface area (Å²) >= 11 is 0. The number of para-hydroxylation sites is 1. The smallest absolute Gasteiger partial charge is 0.241 e. The van der Waals surface area contributed by atoms with E-state index in [1.807, 2.05) is 37.3 Å². The monoisotopic (exact) mass is 266 g/mol. The molecule has 1 atom stereocenters. The highest BCUT2D eigenvalue weighted by Gasteiger charge is 2.17.